The molecule has 0 aromatic rings. The van der Waals surface area contributed by atoms with Crippen molar-refractivity contribution in [2.45, 2.75) is 285 Å². The molecule has 0 unspecified atom stereocenters. The Morgan fingerprint density at radius 3 is 0.860 bits per heavy atom. The first kappa shape index (κ1) is 55.4. The van der Waals surface area contributed by atoms with E-state index in [9.17, 15) is 14.4 Å². The van der Waals surface area contributed by atoms with Gasteiger partial charge in [-0.05, 0) is 31.1 Å². The van der Waals surface area contributed by atoms with Crippen LogP contribution in [0, 0.1) is 11.8 Å². The average molecular weight is 807 g/mol. The maximum Gasteiger partial charge on any atom is 0.306 e. The fraction of sp³-hybridized carbons (Fsp3) is 0.941. The molecule has 0 heterocycles. The SMILES string of the molecule is CCCCCCCCCCCCCCCC(=O)OC[C@H](COC(=O)CCCCCCCCCCCC(C)C)OC(=O)CCCCCCCCCCCCCC(C)C. The van der Waals surface area contributed by atoms with Crippen molar-refractivity contribution < 1.29 is 28.6 Å². The summed E-state index contributed by atoms with van der Waals surface area (Å²) in [5, 5.41) is 0. The highest BCUT2D eigenvalue weighted by Crippen LogP contribution is 2.17. The summed E-state index contributed by atoms with van der Waals surface area (Å²) < 4.78 is 16.8. The molecule has 0 amide bonds. The number of esters is 3. The van der Waals surface area contributed by atoms with Crippen LogP contribution >= 0.6 is 0 Å². The number of carbonyl (C=O) groups is 3. The lowest BCUT2D eigenvalue weighted by atomic mass is 10.0. The second-order valence-electron chi connectivity index (χ2n) is 18.4. The Balaban J connectivity index is 4.33. The summed E-state index contributed by atoms with van der Waals surface area (Å²) in [4.78, 5) is 37.9. The van der Waals surface area contributed by atoms with Crippen LogP contribution in [0.3, 0.4) is 0 Å². The topological polar surface area (TPSA) is 78.9 Å². The molecule has 0 rings (SSSR count). The minimum Gasteiger partial charge on any atom is -0.462 e. The van der Waals surface area contributed by atoms with Crippen molar-refractivity contribution in [2.24, 2.45) is 11.8 Å². The number of carbonyl (C=O) groups excluding carboxylic acids is 3. The molecule has 0 aliphatic heterocycles. The van der Waals surface area contributed by atoms with Gasteiger partial charge in [0.15, 0.2) is 6.10 Å². The van der Waals surface area contributed by atoms with Crippen LogP contribution in [0.25, 0.3) is 0 Å². The van der Waals surface area contributed by atoms with Crippen molar-refractivity contribution in [1.29, 1.82) is 0 Å². The second kappa shape index (κ2) is 44.0. The highest BCUT2D eigenvalue weighted by molar-refractivity contribution is 5.71. The molecule has 0 bridgehead atoms. The van der Waals surface area contributed by atoms with Gasteiger partial charge in [-0.2, -0.15) is 0 Å². The van der Waals surface area contributed by atoms with Crippen LogP contribution in [0.5, 0.6) is 0 Å². The van der Waals surface area contributed by atoms with Gasteiger partial charge in [-0.25, -0.2) is 0 Å². The quantitative estimate of drug-likeness (QED) is 0.0346. The van der Waals surface area contributed by atoms with Gasteiger partial charge in [-0.3, -0.25) is 14.4 Å². The molecule has 0 fully saturated rings. The summed E-state index contributed by atoms with van der Waals surface area (Å²) in [5.74, 6) is 0.783. The van der Waals surface area contributed by atoms with E-state index in [1.54, 1.807) is 0 Å². The van der Waals surface area contributed by atoms with Crippen LogP contribution in [-0.2, 0) is 28.6 Å². The summed E-state index contributed by atoms with van der Waals surface area (Å²) in [5.41, 5.74) is 0. The maximum absolute atomic E-state index is 12.8. The van der Waals surface area contributed by atoms with E-state index in [4.69, 9.17) is 14.2 Å². The average Bonchev–Trinajstić information content (AvgIpc) is 3.18. The summed E-state index contributed by atoms with van der Waals surface area (Å²) in [7, 11) is 0. The summed E-state index contributed by atoms with van der Waals surface area (Å²) in [6.07, 6.45) is 43.7. The molecule has 0 aromatic heterocycles. The zero-order valence-corrected chi connectivity index (χ0v) is 39.0. The van der Waals surface area contributed by atoms with Crippen LogP contribution in [0.1, 0.15) is 279 Å². The predicted molar refractivity (Wildman–Crippen MR) is 243 cm³/mol. The number of unbranched alkanes of at least 4 members (excludes halogenated alkanes) is 30. The normalized spacial score (nSPS) is 12.1. The minimum absolute atomic E-state index is 0.0640. The highest BCUT2D eigenvalue weighted by Gasteiger charge is 2.19. The Morgan fingerprint density at radius 2 is 0.579 bits per heavy atom. The molecule has 0 aliphatic carbocycles. The molecule has 0 saturated heterocycles. The van der Waals surface area contributed by atoms with Crippen molar-refractivity contribution >= 4 is 17.9 Å². The Hall–Kier alpha value is -1.59. The van der Waals surface area contributed by atoms with E-state index in [1.165, 1.54) is 167 Å². The third-order valence-electron chi connectivity index (χ3n) is 11.5. The van der Waals surface area contributed by atoms with Crippen molar-refractivity contribution in [3.05, 3.63) is 0 Å². The predicted octanol–water partition coefficient (Wildman–Crippen LogP) is 16.1. The number of ether oxygens (including phenoxy) is 3. The van der Waals surface area contributed by atoms with Crippen LogP contribution in [-0.4, -0.2) is 37.2 Å². The molecule has 0 saturated carbocycles. The summed E-state index contributed by atoms with van der Waals surface area (Å²) >= 11 is 0. The Kier molecular flexibility index (Phi) is 42.7. The van der Waals surface area contributed by atoms with Gasteiger partial charge in [0.05, 0.1) is 0 Å². The largest absolute Gasteiger partial charge is 0.462 e. The van der Waals surface area contributed by atoms with Gasteiger partial charge in [0.25, 0.3) is 0 Å². The van der Waals surface area contributed by atoms with Crippen molar-refractivity contribution in [2.75, 3.05) is 13.2 Å². The highest BCUT2D eigenvalue weighted by atomic mass is 16.6. The second-order valence-corrected chi connectivity index (χ2v) is 18.4. The lowest BCUT2D eigenvalue weighted by Crippen LogP contribution is -2.30. The third kappa shape index (κ3) is 45.3. The number of hydrogen-bond acceptors (Lipinski definition) is 6. The molecule has 0 aromatic carbocycles. The summed E-state index contributed by atoms with van der Waals surface area (Å²) in [6, 6.07) is 0. The first-order chi connectivity index (χ1) is 27.7. The van der Waals surface area contributed by atoms with Crippen LogP contribution < -0.4 is 0 Å². The Morgan fingerprint density at radius 1 is 0.333 bits per heavy atom. The van der Waals surface area contributed by atoms with Gasteiger partial charge >= 0.3 is 17.9 Å². The van der Waals surface area contributed by atoms with Gasteiger partial charge in [0, 0.05) is 19.3 Å². The third-order valence-corrected chi connectivity index (χ3v) is 11.5. The first-order valence-electron chi connectivity index (χ1n) is 25.2. The number of rotatable bonds is 45. The van der Waals surface area contributed by atoms with Gasteiger partial charge in [0.1, 0.15) is 13.2 Å². The Labute approximate surface area is 355 Å². The van der Waals surface area contributed by atoms with E-state index in [1.807, 2.05) is 0 Å². The molecule has 6 heteroatoms. The molecular weight excluding hydrogens is 709 g/mol. The molecule has 0 spiro atoms. The van der Waals surface area contributed by atoms with Gasteiger partial charge in [-0.15, -0.1) is 0 Å². The monoisotopic (exact) mass is 807 g/mol. The van der Waals surface area contributed by atoms with Crippen molar-refractivity contribution in [1.82, 2.24) is 0 Å². The maximum atomic E-state index is 12.8. The minimum atomic E-state index is -0.761. The lowest BCUT2D eigenvalue weighted by molar-refractivity contribution is -0.167. The van der Waals surface area contributed by atoms with E-state index in [2.05, 4.69) is 34.6 Å². The van der Waals surface area contributed by atoms with E-state index in [0.717, 1.165) is 69.6 Å². The molecule has 57 heavy (non-hydrogen) atoms. The fourth-order valence-electron chi connectivity index (χ4n) is 7.64. The molecule has 0 N–H and O–H groups in total. The van der Waals surface area contributed by atoms with Crippen molar-refractivity contribution in [3.8, 4) is 0 Å². The molecule has 1 atom stereocenters. The van der Waals surface area contributed by atoms with E-state index in [0.29, 0.717) is 19.3 Å². The fourth-order valence-corrected chi connectivity index (χ4v) is 7.64. The molecule has 6 nitrogen and oxygen atoms in total. The number of hydrogen-bond donors (Lipinski definition) is 0. The smallest absolute Gasteiger partial charge is 0.306 e. The lowest BCUT2D eigenvalue weighted by Gasteiger charge is -2.18. The molecule has 338 valence electrons. The first-order valence-corrected chi connectivity index (χ1v) is 25.2. The van der Waals surface area contributed by atoms with Gasteiger partial charge in [-0.1, -0.05) is 240 Å². The standard InChI is InChI=1S/C51H98O6/c1-6-7-8-9-10-11-12-13-16-21-26-31-36-41-49(52)55-44-48(45-56-50(53)42-37-32-27-23-18-20-25-30-35-40-47(4)5)57-51(54)43-38-33-28-22-17-14-15-19-24-29-34-39-46(2)3/h46-48H,6-45H2,1-5H3/t48-/m1/s1. The van der Waals surface area contributed by atoms with E-state index < -0.39 is 6.10 Å². The van der Waals surface area contributed by atoms with Gasteiger partial charge in [0.2, 0.25) is 0 Å². The molecular formula is C51H98O6. The molecule has 0 radical (unpaired) electrons. The van der Waals surface area contributed by atoms with Crippen LogP contribution in [0.4, 0.5) is 0 Å². The molecule has 0 aliphatic rings. The zero-order chi connectivity index (χ0) is 41.9. The van der Waals surface area contributed by atoms with Crippen LogP contribution in [0.15, 0.2) is 0 Å². The Bertz CT molecular complexity index is 870. The summed E-state index contributed by atoms with van der Waals surface area (Å²) in [6.45, 7) is 11.3. The van der Waals surface area contributed by atoms with E-state index >= 15 is 0 Å². The van der Waals surface area contributed by atoms with Gasteiger partial charge < -0.3 is 14.2 Å². The zero-order valence-electron chi connectivity index (χ0n) is 39.0. The van der Waals surface area contributed by atoms with E-state index in [-0.39, 0.29) is 31.1 Å². The van der Waals surface area contributed by atoms with Crippen LogP contribution in [0.2, 0.25) is 0 Å². The van der Waals surface area contributed by atoms with Crippen molar-refractivity contribution in [3.63, 3.8) is 0 Å².